The molecule has 2 amide bonds. The molecular formula is C13H16N6O2. The zero-order valence-electron chi connectivity index (χ0n) is 11.5. The summed E-state index contributed by atoms with van der Waals surface area (Å²) in [6.07, 6.45) is 1.52. The maximum absolute atomic E-state index is 12.1. The van der Waals surface area contributed by atoms with E-state index < -0.39 is 5.91 Å². The van der Waals surface area contributed by atoms with Crippen LogP contribution in [0.15, 0.2) is 24.4 Å². The molecule has 8 heteroatoms. The first-order chi connectivity index (χ1) is 10.0. The Morgan fingerprint density at radius 1 is 1.38 bits per heavy atom. The average molecular weight is 288 g/mol. The lowest BCUT2D eigenvalue weighted by molar-refractivity contribution is 0.0997. The Morgan fingerprint density at radius 2 is 2.14 bits per heavy atom. The molecule has 0 aliphatic carbocycles. The number of nitrogens with zero attached hydrogens (tertiary/aromatic N) is 3. The number of primary amides is 1. The Morgan fingerprint density at radius 3 is 2.76 bits per heavy atom. The first-order valence-electron chi connectivity index (χ1n) is 6.33. The lowest BCUT2D eigenvalue weighted by atomic mass is 10.1. The molecule has 0 bridgehead atoms. The first-order valence-corrected chi connectivity index (χ1v) is 6.33. The highest BCUT2D eigenvalue weighted by molar-refractivity contribution is 6.03. The van der Waals surface area contributed by atoms with Gasteiger partial charge in [-0.2, -0.15) is 0 Å². The summed E-state index contributed by atoms with van der Waals surface area (Å²) in [6.45, 7) is 2.68. The number of rotatable bonds is 5. The fourth-order valence-corrected chi connectivity index (χ4v) is 1.79. The van der Waals surface area contributed by atoms with Gasteiger partial charge < -0.3 is 16.8 Å². The van der Waals surface area contributed by atoms with Crippen LogP contribution in [0.4, 0.5) is 5.69 Å². The van der Waals surface area contributed by atoms with Crippen molar-refractivity contribution >= 4 is 17.5 Å². The van der Waals surface area contributed by atoms with Crippen molar-refractivity contribution in [2.45, 2.75) is 13.5 Å². The second-order valence-corrected chi connectivity index (χ2v) is 4.50. The van der Waals surface area contributed by atoms with Crippen LogP contribution in [0.3, 0.4) is 0 Å². The summed E-state index contributed by atoms with van der Waals surface area (Å²) in [5, 5.41) is 10.3. The van der Waals surface area contributed by atoms with E-state index in [1.165, 1.54) is 10.9 Å². The zero-order chi connectivity index (χ0) is 15.4. The number of carbonyl (C=O) groups excluding carboxylic acids is 2. The molecule has 0 fully saturated rings. The van der Waals surface area contributed by atoms with E-state index in [-0.39, 0.29) is 11.6 Å². The number of benzene rings is 1. The molecule has 0 atom stereocenters. The summed E-state index contributed by atoms with van der Waals surface area (Å²) in [7, 11) is 0. The molecule has 0 spiro atoms. The Bertz CT molecular complexity index is 679. The number of hydrogen-bond donors (Lipinski definition) is 3. The van der Waals surface area contributed by atoms with E-state index in [4.69, 9.17) is 11.5 Å². The third-order valence-electron chi connectivity index (χ3n) is 2.89. The van der Waals surface area contributed by atoms with Crippen LogP contribution in [0.1, 0.15) is 26.4 Å². The molecule has 0 radical (unpaired) electrons. The average Bonchev–Trinajstić information content (AvgIpc) is 2.90. The summed E-state index contributed by atoms with van der Waals surface area (Å²) in [5.41, 5.74) is 12.5. The maximum atomic E-state index is 12.1. The number of nitrogens with one attached hydrogen (secondary N) is 1. The smallest absolute Gasteiger partial charge is 0.277 e. The Kier molecular flexibility index (Phi) is 4.29. The molecule has 0 saturated carbocycles. The molecule has 2 aromatic rings. The van der Waals surface area contributed by atoms with E-state index in [1.54, 1.807) is 25.1 Å². The summed E-state index contributed by atoms with van der Waals surface area (Å²) < 4.78 is 1.50. The van der Waals surface area contributed by atoms with Crippen LogP contribution < -0.4 is 16.8 Å². The molecule has 1 aromatic carbocycles. The van der Waals surface area contributed by atoms with Gasteiger partial charge >= 0.3 is 0 Å². The van der Waals surface area contributed by atoms with Gasteiger partial charge in [0.2, 0.25) is 5.91 Å². The highest BCUT2D eigenvalue weighted by atomic mass is 16.2. The van der Waals surface area contributed by atoms with Crippen LogP contribution in [-0.4, -0.2) is 33.4 Å². The summed E-state index contributed by atoms with van der Waals surface area (Å²) in [4.78, 5) is 23.1. The molecular weight excluding hydrogens is 272 g/mol. The third kappa shape index (κ3) is 3.42. The minimum atomic E-state index is -0.513. The number of nitrogens with two attached hydrogens (primary N) is 2. The summed E-state index contributed by atoms with van der Waals surface area (Å²) in [5.74, 6) is -0.895. The van der Waals surface area contributed by atoms with E-state index >= 15 is 0 Å². The summed E-state index contributed by atoms with van der Waals surface area (Å²) >= 11 is 0. The molecule has 1 heterocycles. The van der Waals surface area contributed by atoms with Gasteiger partial charge in [0, 0.05) is 17.8 Å². The quantitative estimate of drug-likeness (QED) is 0.707. The van der Waals surface area contributed by atoms with Crippen molar-refractivity contribution in [2.24, 2.45) is 11.5 Å². The Labute approximate surface area is 121 Å². The molecule has 21 heavy (non-hydrogen) atoms. The fraction of sp³-hybridized carbons (Fsp3) is 0.231. The van der Waals surface area contributed by atoms with E-state index in [0.717, 1.165) is 5.56 Å². The van der Waals surface area contributed by atoms with E-state index in [1.807, 2.05) is 0 Å². The number of amides is 2. The molecule has 8 nitrogen and oxygen atoms in total. The van der Waals surface area contributed by atoms with Crippen LogP contribution in [0.2, 0.25) is 0 Å². The van der Waals surface area contributed by atoms with Crippen molar-refractivity contribution in [3.8, 4) is 0 Å². The van der Waals surface area contributed by atoms with Gasteiger partial charge in [-0.15, -0.1) is 5.10 Å². The number of anilines is 1. The first kappa shape index (κ1) is 14.7. The lowest BCUT2D eigenvalue weighted by Gasteiger charge is -2.07. The molecule has 110 valence electrons. The van der Waals surface area contributed by atoms with Crippen LogP contribution in [0, 0.1) is 6.92 Å². The zero-order valence-corrected chi connectivity index (χ0v) is 11.5. The van der Waals surface area contributed by atoms with Crippen molar-refractivity contribution in [1.82, 2.24) is 15.0 Å². The van der Waals surface area contributed by atoms with Crippen molar-refractivity contribution in [3.63, 3.8) is 0 Å². The minimum absolute atomic E-state index is 0.196. The van der Waals surface area contributed by atoms with Crippen LogP contribution in [-0.2, 0) is 6.54 Å². The van der Waals surface area contributed by atoms with Crippen molar-refractivity contribution in [3.05, 3.63) is 41.2 Å². The van der Waals surface area contributed by atoms with Gasteiger partial charge in [-0.25, -0.2) is 0 Å². The van der Waals surface area contributed by atoms with Crippen LogP contribution in [0.25, 0.3) is 0 Å². The molecule has 0 aliphatic heterocycles. The van der Waals surface area contributed by atoms with Crippen molar-refractivity contribution in [1.29, 1.82) is 0 Å². The molecule has 1 aromatic heterocycles. The van der Waals surface area contributed by atoms with Gasteiger partial charge in [0.05, 0.1) is 12.7 Å². The monoisotopic (exact) mass is 288 g/mol. The predicted molar refractivity (Wildman–Crippen MR) is 76.7 cm³/mol. The van der Waals surface area contributed by atoms with Crippen molar-refractivity contribution in [2.75, 3.05) is 11.9 Å². The number of carbonyl (C=O) groups is 2. The number of hydrogen-bond acceptors (Lipinski definition) is 5. The number of aryl methyl sites for hydroxylation is 1. The third-order valence-corrected chi connectivity index (χ3v) is 2.89. The topological polar surface area (TPSA) is 129 Å². The van der Waals surface area contributed by atoms with Crippen LogP contribution >= 0.6 is 0 Å². The normalized spacial score (nSPS) is 10.4. The van der Waals surface area contributed by atoms with E-state index in [0.29, 0.717) is 24.3 Å². The standard InChI is InChI=1S/C13H16N6O2/c1-8-6-9(12(15)20)2-3-10(8)16-13(21)11-7-19(5-4-14)18-17-11/h2-3,6-7H,4-5,14H2,1H3,(H2,15,20)(H,16,21). The highest BCUT2D eigenvalue weighted by Crippen LogP contribution is 2.17. The summed E-state index contributed by atoms with van der Waals surface area (Å²) in [6, 6.07) is 4.79. The van der Waals surface area contributed by atoms with Gasteiger partial charge in [-0.3, -0.25) is 14.3 Å². The Balaban J connectivity index is 2.13. The number of aromatic nitrogens is 3. The van der Waals surface area contributed by atoms with Gasteiger partial charge in [-0.05, 0) is 30.7 Å². The minimum Gasteiger partial charge on any atom is -0.366 e. The molecule has 0 aliphatic rings. The molecule has 2 rings (SSSR count). The van der Waals surface area contributed by atoms with Crippen LogP contribution in [0.5, 0.6) is 0 Å². The highest BCUT2D eigenvalue weighted by Gasteiger charge is 2.12. The van der Waals surface area contributed by atoms with Crippen molar-refractivity contribution < 1.29 is 9.59 Å². The van der Waals surface area contributed by atoms with Gasteiger partial charge in [-0.1, -0.05) is 5.21 Å². The fourth-order valence-electron chi connectivity index (χ4n) is 1.79. The SMILES string of the molecule is Cc1cc(C(N)=O)ccc1NC(=O)c1cn(CCN)nn1. The molecule has 0 unspecified atom stereocenters. The second-order valence-electron chi connectivity index (χ2n) is 4.50. The predicted octanol–water partition coefficient (Wildman–Crippen LogP) is -0.104. The largest absolute Gasteiger partial charge is 0.366 e. The van der Waals surface area contributed by atoms with Gasteiger partial charge in [0.15, 0.2) is 5.69 Å². The van der Waals surface area contributed by atoms with E-state index in [9.17, 15) is 9.59 Å². The van der Waals surface area contributed by atoms with Gasteiger partial charge in [0.1, 0.15) is 0 Å². The van der Waals surface area contributed by atoms with Gasteiger partial charge in [0.25, 0.3) is 5.91 Å². The molecule has 0 saturated heterocycles. The van der Waals surface area contributed by atoms with E-state index in [2.05, 4.69) is 15.6 Å². The Hall–Kier alpha value is -2.74. The second kappa shape index (κ2) is 6.14. The lowest BCUT2D eigenvalue weighted by Crippen LogP contribution is -2.15. The molecule has 5 N–H and O–H groups in total. The maximum Gasteiger partial charge on any atom is 0.277 e.